The molecule has 0 radical (unpaired) electrons. The van der Waals surface area contributed by atoms with Gasteiger partial charge in [-0.2, -0.15) is 0 Å². The average molecular weight is 158 g/mol. The zero-order chi connectivity index (χ0) is 8.69. The van der Waals surface area contributed by atoms with E-state index in [9.17, 15) is 4.39 Å². The minimum atomic E-state index is -0.413. The van der Waals surface area contributed by atoms with E-state index in [2.05, 4.69) is 17.2 Å². The van der Waals surface area contributed by atoms with Gasteiger partial charge in [0.25, 0.3) is 0 Å². The molecule has 0 aliphatic heterocycles. The molecule has 0 fully saturated rings. The highest BCUT2D eigenvalue weighted by atomic mass is 19.1. The minimum Gasteiger partial charge on any atom is -0.382 e. The lowest BCUT2D eigenvalue weighted by Gasteiger charge is -2.06. The van der Waals surface area contributed by atoms with E-state index in [4.69, 9.17) is 0 Å². The Balaban J connectivity index is 3.63. The molecular weight excluding hydrogens is 143 g/mol. The van der Waals surface area contributed by atoms with Crippen LogP contribution in [0, 0.1) is 0 Å². The van der Waals surface area contributed by atoms with Gasteiger partial charge in [0.2, 0.25) is 0 Å². The molecule has 0 aromatic rings. The minimum absolute atomic E-state index is 0.413. The van der Waals surface area contributed by atoms with Gasteiger partial charge < -0.3 is 10.6 Å². The van der Waals surface area contributed by atoms with Crippen molar-refractivity contribution in [2.24, 2.45) is 0 Å². The van der Waals surface area contributed by atoms with Crippen molar-refractivity contribution in [2.75, 3.05) is 20.1 Å². The molecule has 0 aliphatic rings. The molecule has 0 bridgehead atoms. The van der Waals surface area contributed by atoms with Crippen molar-refractivity contribution in [3.63, 3.8) is 0 Å². The van der Waals surface area contributed by atoms with Gasteiger partial charge in [0.05, 0.1) is 5.70 Å². The van der Waals surface area contributed by atoms with E-state index in [0.29, 0.717) is 12.2 Å². The summed E-state index contributed by atoms with van der Waals surface area (Å²) in [6, 6.07) is 0. The second-order valence-corrected chi connectivity index (χ2v) is 2.14. The van der Waals surface area contributed by atoms with E-state index in [1.54, 1.807) is 13.0 Å². The molecule has 0 atom stereocenters. The molecular formula is C8H15FN2. The standard InChI is InChI=1S/C8H15FN2/c1-4-8(7(2)9)11-6-5-10-3/h4,10-11H,2,5-6H2,1,3H3/b8-4+. The summed E-state index contributed by atoms with van der Waals surface area (Å²) in [5, 5.41) is 5.84. The fourth-order valence-corrected chi connectivity index (χ4v) is 0.677. The molecule has 3 heteroatoms. The number of hydrogen-bond acceptors (Lipinski definition) is 2. The summed E-state index contributed by atoms with van der Waals surface area (Å²) >= 11 is 0. The summed E-state index contributed by atoms with van der Waals surface area (Å²) in [4.78, 5) is 0. The van der Waals surface area contributed by atoms with Crippen molar-refractivity contribution in [2.45, 2.75) is 6.92 Å². The lowest BCUT2D eigenvalue weighted by Crippen LogP contribution is -2.24. The van der Waals surface area contributed by atoms with Gasteiger partial charge in [-0.1, -0.05) is 12.7 Å². The zero-order valence-corrected chi connectivity index (χ0v) is 7.08. The number of likely N-dealkylation sites (N-methyl/N-ethyl adjacent to an activating group) is 1. The van der Waals surface area contributed by atoms with Gasteiger partial charge in [-0.15, -0.1) is 0 Å². The Morgan fingerprint density at radius 3 is 2.55 bits per heavy atom. The molecule has 64 valence electrons. The monoisotopic (exact) mass is 158 g/mol. The first-order valence-electron chi connectivity index (χ1n) is 3.62. The maximum Gasteiger partial charge on any atom is 0.138 e. The number of allylic oxidation sites excluding steroid dienone is 2. The van der Waals surface area contributed by atoms with Crippen LogP contribution in [-0.4, -0.2) is 20.1 Å². The Morgan fingerprint density at radius 2 is 2.18 bits per heavy atom. The number of hydrogen-bond donors (Lipinski definition) is 2. The van der Waals surface area contributed by atoms with Crippen molar-refractivity contribution in [3.8, 4) is 0 Å². The third kappa shape index (κ3) is 4.56. The fraction of sp³-hybridized carbons (Fsp3) is 0.500. The maximum absolute atomic E-state index is 12.4. The van der Waals surface area contributed by atoms with E-state index in [1.807, 2.05) is 7.05 Å². The molecule has 0 unspecified atom stereocenters. The van der Waals surface area contributed by atoms with Gasteiger partial charge in [0, 0.05) is 13.1 Å². The Bertz CT molecular complexity index is 152. The molecule has 0 amide bonds. The second-order valence-electron chi connectivity index (χ2n) is 2.14. The Labute approximate surface area is 67.2 Å². The van der Waals surface area contributed by atoms with E-state index in [-0.39, 0.29) is 0 Å². The van der Waals surface area contributed by atoms with Crippen LogP contribution in [-0.2, 0) is 0 Å². The maximum atomic E-state index is 12.4. The van der Waals surface area contributed by atoms with Gasteiger partial charge in [-0.25, -0.2) is 4.39 Å². The van der Waals surface area contributed by atoms with Crippen LogP contribution in [0.15, 0.2) is 24.2 Å². The summed E-state index contributed by atoms with van der Waals surface area (Å²) in [5.41, 5.74) is 0.472. The summed E-state index contributed by atoms with van der Waals surface area (Å²) in [7, 11) is 1.85. The van der Waals surface area contributed by atoms with Crippen molar-refractivity contribution in [1.29, 1.82) is 0 Å². The van der Waals surface area contributed by atoms with Gasteiger partial charge in [-0.05, 0) is 14.0 Å². The average Bonchev–Trinajstić information content (AvgIpc) is 1.97. The van der Waals surface area contributed by atoms with E-state index in [0.717, 1.165) is 6.54 Å². The molecule has 2 N–H and O–H groups in total. The fourth-order valence-electron chi connectivity index (χ4n) is 0.677. The normalized spacial score (nSPS) is 11.4. The SMILES string of the molecule is C=C(F)/C(=C\C)NCCNC. The molecule has 0 saturated heterocycles. The van der Waals surface area contributed by atoms with Crippen molar-refractivity contribution in [1.82, 2.24) is 10.6 Å². The van der Waals surface area contributed by atoms with E-state index < -0.39 is 5.83 Å². The smallest absolute Gasteiger partial charge is 0.138 e. The molecule has 2 nitrogen and oxygen atoms in total. The van der Waals surface area contributed by atoms with Crippen LogP contribution in [0.25, 0.3) is 0 Å². The molecule has 0 aromatic carbocycles. The molecule has 0 aliphatic carbocycles. The lowest BCUT2D eigenvalue weighted by atomic mass is 10.3. The van der Waals surface area contributed by atoms with Gasteiger partial charge >= 0.3 is 0 Å². The summed E-state index contributed by atoms with van der Waals surface area (Å²) in [6.45, 7) is 6.48. The highest BCUT2D eigenvalue weighted by molar-refractivity contribution is 5.19. The van der Waals surface area contributed by atoms with E-state index in [1.165, 1.54) is 0 Å². The summed E-state index contributed by atoms with van der Waals surface area (Å²) < 4.78 is 12.4. The van der Waals surface area contributed by atoms with Crippen molar-refractivity contribution < 1.29 is 4.39 Å². The molecule has 11 heavy (non-hydrogen) atoms. The number of halogens is 1. The first-order valence-corrected chi connectivity index (χ1v) is 3.62. The van der Waals surface area contributed by atoms with Gasteiger partial charge in [0.15, 0.2) is 0 Å². The zero-order valence-electron chi connectivity index (χ0n) is 7.08. The molecule has 0 rings (SSSR count). The van der Waals surface area contributed by atoms with Crippen molar-refractivity contribution in [3.05, 3.63) is 24.2 Å². The lowest BCUT2D eigenvalue weighted by molar-refractivity contribution is 0.616. The number of rotatable bonds is 5. The first kappa shape index (κ1) is 10.2. The van der Waals surface area contributed by atoms with Gasteiger partial charge in [0.1, 0.15) is 5.83 Å². The van der Waals surface area contributed by atoms with Crippen molar-refractivity contribution >= 4 is 0 Å². The highest BCUT2D eigenvalue weighted by Gasteiger charge is 1.96. The van der Waals surface area contributed by atoms with Gasteiger partial charge in [-0.3, -0.25) is 0 Å². The van der Waals surface area contributed by atoms with Crippen LogP contribution in [0.5, 0.6) is 0 Å². The van der Waals surface area contributed by atoms with Crippen LogP contribution in [0.2, 0.25) is 0 Å². The predicted molar refractivity (Wildman–Crippen MR) is 45.9 cm³/mol. The van der Waals surface area contributed by atoms with Crippen LogP contribution in [0.4, 0.5) is 4.39 Å². The van der Waals surface area contributed by atoms with Crippen LogP contribution < -0.4 is 10.6 Å². The Morgan fingerprint density at radius 1 is 1.55 bits per heavy atom. The Kier molecular flexibility index (Phi) is 5.47. The van der Waals surface area contributed by atoms with E-state index >= 15 is 0 Å². The quantitative estimate of drug-likeness (QED) is 0.464. The summed E-state index contributed by atoms with van der Waals surface area (Å²) in [5.74, 6) is -0.413. The molecule has 0 spiro atoms. The molecule has 0 heterocycles. The third-order valence-corrected chi connectivity index (χ3v) is 1.27. The topological polar surface area (TPSA) is 24.1 Å². The molecule has 0 aromatic heterocycles. The summed E-state index contributed by atoms with van der Waals surface area (Å²) in [6.07, 6.45) is 1.66. The Hall–Kier alpha value is -0.830. The van der Waals surface area contributed by atoms with Crippen LogP contribution >= 0.6 is 0 Å². The predicted octanol–water partition coefficient (Wildman–Crippen LogP) is 1.18. The highest BCUT2D eigenvalue weighted by Crippen LogP contribution is 2.03. The largest absolute Gasteiger partial charge is 0.382 e. The third-order valence-electron chi connectivity index (χ3n) is 1.27. The molecule has 0 saturated carbocycles. The second kappa shape index (κ2) is 5.92. The number of nitrogens with one attached hydrogen (secondary N) is 2. The van der Waals surface area contributed by atoms with Crippen LogP contribution in [0.1, 0.15) is 6.92 Å². The first-order chi connectivity index (χ1) is 5.22. The van der Waals surface area contributed by atoms with Crippen LogP contribution in [0.3, 0.4) is 0 Å².